The minimum absolute atomic E-state index is 0.0482. The normalized spacial score (nSPS) is 22.6. The van der Waals surface area contributed by atoms with Crippen LogP contribution < -0.4 is 0 Å². The quantitative estimate of drug-likeness (QED) is 0.771. The van der Waals surface area contributed by atoms with Gasteiger partial charge in [-0.25, -0.2) is 21.5 Å². The van der Waals surface area contributed by atoms with Crippen LogP contribution in [-0.4, -0.2) is 37.5 Å². The third-order valence-corrected chi connectivity index (χ3v) is 4.70. The Kier molecular flexibility index (Phi) is 4.29. The number of hydrogen-bond donors (Lipinski definition) is 0. The Bertz CT molecular complexity index is 318. The summed E-state index contributed by atoms with van der Waals surface area (Å²) in [4.78, 5) is 0. The van der Waals surface area contributed by atoms with Gasteiger partial charge in [0.15, 0.2) is 0 Å². The molecule has 1 saturated heterocycles. The zero-order valence-electron chi connectivity index (χ0n) is 9.75. The highest BCUT2D eigenvalue weighted by molar-refractivity contribution is 7.89. The molecule has 1 aliphatic heterocycles. The number of hydrogen-bond acceptors (Lipinski definition) is 2. The lowest BCUT2D eigenvalue weighted by Crippen LogP contribution is -2.43. The first-order valence-corrected chi connectivity index (χ1v) is 7.19. The van der Waals surface area contributed by atoms with E-state index in [1.54, 1.807) is 0 Å². The number of halogens is 2. The van der Waals surface area contributed by atoms with E-state index in [-0.39, 0.29) is 31.7 Å². The van der Waals surface area contributed by atoms with Crippen LogP contribution in [0.4, 0.5) is 8.78 Å². The molecule has 1 heterocycles. The van der Waals surface area contributed by atoms with Gasteiger partial charge in [-0.2, -0.15) is 0 Å². The fraction of sp³-hybridized carbons (Fsp3) is 1.00. The standard InChI is InChI=1S/C10H19F2NO2S/c1-9(2)3-8-16(14,15)13-6-4-10(11,12)5-7-13/h9H,3-8H2,1-2H3. The first-order valence-electron chi connectivity index (χ1n) is 5.59. The molecule has 96 valence electrons. The number of nitrogens with zero attached hydrogens (tertiary/aromatic N) is 1. The van der Waals surface area contributed by atoms with Gasteiger partial charge in [0.1, 0.15) is 0 Å². The Morgan fingerprint density at radius 3 is 2.19 bits per heavy atom. The van der Waals surface area contributed by atoms with E-state index in [4.69, 9.17) is 0 Å². The lowest BCUT2D eigenvalue weighted by Gasteiger charge is -2.31. The molecule has 1 fully saturated rings. The van der Waals surface area contributed by atoms with Crippen LogP contribution in [0, 0.1) is 5.92 Å². The Morgan fingerprint density at radius 1 is 1.25 bits per heavy atom. The Balaban J connectivity index is 2.52. The first-order chi connectivity index (χ1) is 7.23. The van der Waals surface area contributed by atoms with Crippen LogP contribution in [0.25, 0.3) is 0 Å². The predicted molar refractivity (Wildman–Crippen MR) is 59.0 cm³/mol. The maximum atomic E-state index is 12.9. The van der Waals surface area contributed by atoms with Gasteiger partial charge in [-0.15, -0.1) is 0 Å². The number of sulfonamides is 1. The summed E-state index contributed by atoms with van der Waals surface area (Å²) >= 11 is 0. The van der Waals surface area contributed by atoms with E-state index in [1.807, 2.05) is 13.8 Å². The summed E-state index contributed by atoms with van der Waals surface area (Å²) in [5.41, 5.74) is 0. The summed E-state index contributed by atoms with van der Waals surface area (Å²) < 4.78 is 50.5. The molecule has 1 rings (SSSR count). The molecule has 0 atom stereocenters. The smallest absolute Gasteiger partial charge is 0.212 e. The third kappa shape index (κ3) is 3.97. The van der Waals surface area contributed by atoms with Gasteiger partial charge in [-0.3, -0.25) is 0 Å². The SMILES string of the molecule is CC(C)CCS(=O)(=O)N1CCC(F)(F)CC1. The van der Waals surface area contributed by atoms with Gasteiger partial charge >= 0.3 is 0 Å². The van der Waals surface area contributed by atoms with Crippen molar-refractivity contribution in [2.75, 3.05) is 18.8 Å². The summed E-state index contributed by atoms with van der Waals surface area (Å²) in [6.07, 6.45) is -0.128. The van der Waals surface area contributed by atoms with Crippen LogP contribution in [0.2, 0.25) is 0 Å². The van der Waals surface area contributed by atoms with Crippen LogP contribution in [0.1, 0.15) is 33.1 Å². The van der Waals surface area contributed by atoms with Gasteiger partial charge in [0, 0.05) is 25.9 Å². The topological polar surface area (TPSA) is 37.4 Å². The van der Waals surface area contributed by atoms with Crippen molar-refractivity contribution in [3.8, 4) is 0 Å². The molecule has 0 unspecified atom stereocenters. The average Bonchev–Trinajstić information content (AvgIpc) is 2.14. The highest BCUT2D eigenvalue weighted by Gasteiger charge is 2.37. The summed E-state index contributed by atoms with van der Waals surface area (Å²) in [6.45, 7) is 3.79. The van der Waals surface area contributed by atoms with E-state index in [0.29, 0.717) is 12.3 Å². The van der Waals surface area contributed by atoms with Gasteiger partial charge in [0.25, 0.3) is 5.92 Å². The molecule has 0 aromatic heterocycles. The molecule has 0 aromatic carbocycles. The molecule has 0 spiro atoms. The average molecular weight is 255 g/mol. The summed E-state index contributed by atoms with van der Waals surface area (Å²) in [5.74, 6) is -2.32. The van der Waals surface area contributed by atoms with Crippen molar-refractivity contribution in [3.63, 3.8) is 0 Å². The summed E-state index contributed by atoms with van der Waals surface area (Å²) in [6, 6.07) is 0. The molecule has 0 saturated carbocycles. The van der Waals surface area contributed by atoms with E-state index in [2.05, 4.69) is 0 Å². The van der Waals surface area contributed by atoms with Gasteiger partial charge in [0.2, 0.25) is 10.0 Å². The van der Waals surface area contributed by atoms with Crippen molar-refractivity contribution in [1.82, 2.24) is 4.31 Å². The van der Waals surface area contributed by atoms with Gasteiger partial charge in [-0.05, 0) is 12.3 Å². The number of rotatable bonds is 4. The number of piperidine rings is 1. The summed E-state index contributed by atoms with van der Waals surface area (Å²) in [7, 11) is -3.33. The zero-order valence-corrected chi connectivity index (χ0v) is 10.6. The van der Waals surface area contributed by atoms with Crippen molar-refractivity contribution in [2.45, 2.75) is 39.0 Å². The Morgan fingerprint density at radius 2 is 1.75 bits per heavy atom. The lowest BCUT2D eigenvalue weighted by atomic mass is 10.1. The van der Waals surface area contributed by atoms with Crippen LogP contribution in [0.15, 0.2) is 0 Å². The van der Waals surface area contributed by atoms with Crippen LogP contribution in [-0.2, 0) is 10.0 Å². The van der Waals surface area contributed by atoms with Crippen LogP contribution in [0.3, 0.4) is 0 Å². The minimum atomic E-state index is -3.33. The monoisotopic (exact) mass is 255 g/mol. The second-order valence-electron chi connectivity index (χ2n) is 4.75. The Labute approximate surface area is 95.9 Å². The highest BCUT2D eigenvalue weighted by atomic mass is 32.2. The maximum absolute atomic E-state index is 12.9. The van der Waals surface area contributed by atoms with E-state index < -0.39 is 15.9 Å². The van der Waals surface area contributed by atoms with Crippen LogP contribution >= 0.6 is 0 Å². The van der Waals surface area contributed by atoms with E-state index in [9.17, 15) is 17.2 Å². The van der Waals surface area contributed by atoms with Gasteiger partial charge in [0.05, 0.1) is 5.75 Å². The molecule has 0 bridgehead atoms. The van der Waals surface area contributed by atoms with Crippen molar-refractivity contribution in [3.05, 3.63) is 0 Å². The molecule has 1 aliphatic rings. The molecular formula is C10H19F2NO2S. The van der Waals surface area contributed by atoms with Crippen molar-refractivity contribution >= 4 is 10.0 Å². The minimum Gasteiger partial charge on any atom is -0.212 e. The Hall–Kier alpha value is -0.230. The van der Waals surface area contributed by atoms with Gasteiger partial charge in [-0.1, -0.05) is 13.8 Å². The zero-order chi connectivity index (χ0) is 12.4. The molecule has 0 aromatic rings. The molecule has 0 radical (unpaired) electrons. The predicted octanol–water partition coefficient (Wildman–Crippen LogP) is 2.09. The molecule has 3 nitrogen and oxygen atoms in total. The van der Waals surface area contributed by atoms with Crippen LogP contribution in [0.5, 0.6) is 0 Å². The van der Waals surface area contributed by atoms with Crippen molar-refractivity contribution < 1.29 is 17.2 Å². The second-order valence-corrected chi connectivity index (χ2v) is 6.84. The molecule has 0 aliphatic carbocycles. The molecule has 6 heteroatoms. The molecular weight excluding hydrogens is 236 g/mol. The summed E-state index contributed by atoms with van der Waals surface area (Å²) in [5, 5.41) is 0. The molecule has 0 N–H and O–H groups in total. The van der Waals surface area contributed by atoms with Gasteiger partial charge < -0.3 is 0 Å². The number of alkyl halides is 2. The fourth-order valence-electron chi connectivity index (χ4n) is 1.61. The van der Waals surface area contributed by atoms with Crippen molar-refractivity contribution in [2.24, 2.45) is 5.92 Å². The largest absolute Gasteiger partial charge is 0.250 e. The molecule has 16 heavy (non-hydrogen) atoms. The fourth-order valence-corrected chi connectivity index (χ4v) is 3.37. The third-order valence-electron chi connectivity index (χ3n) is 2.80. The van der Waals surface area contributed by atoms with E-state index in [0.717, 1.165) is 0 Å². The first kappa shape index (κ1) is 13.8. The lowest BCUT2D eigenvalue weighted by molar-refractivity contribution is -0.0412. The molecule has 0 amide bonds. The highest BCUT2D eigenvalue weighted by Crippen LogP contribution is 2.29. The van der Waals surface area contributed by atoms with Crippen molar-refractivity contribution in [1.29, 1.82) is 0 Å². The van der Waals surface area contributed by atoms with E-state index >= 15 is 0 Å². The van der Waals surface area contributed by atoms with E-state index in [1.165, 1.54) is 4.31 Å². The second kappa shape index (κ2) is 4.96. The maximum Gasteiger partial charge on any atom is 0.250 e.